The van der Waals surface area contributed by atoms with Gasteiger partial charge in [0.15, 0.2) is 0 Å². The van der Waals surface area contributed by atoms with Gasteiger partial charge >= 0.3 is 0 Å². The van der Waals surface area contributed by atoms with Gasteiger partial charge in [0.2, 0.25) is 0 Å². The third-order valence-electron chi connectivity index (χ3n) is 3.85. The van der Waals surface area contributed by atoms with E-state index in [1.165, 1.54) is 0 Å². The molecule has 2 rings (SSSR count). The molecular weight excluding hydrogens is 226 g/mol. The highest BCUT2D eigenvalue weighted by Crippen LogP contribution is 2.24. The van der Waals surface area contributed by atoms with Crippen LogP contribution in [0.15, 0.2) is 12.1 Å². The zero-order valence-corrected chi connectivity index (χ0v) is 11.3. The van der Waals surface area contributed by atoms with Crippen LogP contribution in [0.2, 0.25) is 0 Å². The van der Waals surface area contributed by atoms with Crippen LogP contribution >= 0.6 is 0 Å². The Hall–Kier alpha value is -1.13. The van der Waals surface area contributed by atoms with Crippen LogP contribution in [0.4, 0.5) is 0 Å². The number of hydrogen-bond acceptors (Lipinski definition) is 4. The maximum Gasteiger partial charge on any atom is 0.138 e. The largest absolute Gasteiger partial charge is 0.506 e. The second kappa shape index (κ2) is 5.67. The van der Waals surface area contributed by atoms with Crippen LogP contribution in [0.3, 0.4) is 0 Å². The summed E-state index contributed by atoms with van der Waals surface area (Å²) in [6.07, 6.45) is 4.49. The minimum absolute atomic E-state index is 0.292. The lowest BCUT2D eigenvalue weighted by Gasteiger charge is -2.33. The molecule has 0 spiro atoms. The van der Waals surface area contributed by atoms with E-state index in [9.17, 15) is 5.11 Å². The number of pyridine rings is 1. The molecule has 0 amide bonds. The number of nitrogens with zero attached hydrogens (tertiary/aromatic N) is 2. The van der Waals surface area contributed by atoms with Crippen LogP contribution in [-0.2, 0) is 6.54 Å². The van der Waals surface area contributed by atoms with E-state index < -0.39 is 0 Å². The summed E-state index contributed by atoms with van der Waals surface area (Å²) < 4.78 is 0. The van der Waals surface area contributed by atoms with Crippen LogP contribution in [0.25, 0.3) is 0 Å². The number of aromatic hydroxyl groups is 1. The molecule has 18 heavy (non-hydrogen) atoms. The van der Waals surface area contributed by atoms with Gasteiger partial charge in [-0.05, 0) is 51.8 Å². The SMILES string of the molecule is Cc1ccc(O)c(CN(C)C2CCC(N)CC2)n1. The molecule has 100 valence electrons. The van der Waals surface area contributed by atoms with Gasteiger partial charge < -0.3 is 10.8 Å². The van der Waals surface area contributed by atoms with Crippen molar-refractivity contribution in [3.8, 4) is 5.75 Å². The van der Waals surface area contributed by atoms with E-state index in [2.05, 4.69) is 16.9 Å². The van der Waals surface area contributed by atoms with Gasteiger partial charge in [0.1, 0.15) is 5.75 Å². The molecule has 1 aliphatic rings. The summed E-state index contributed by atoms with van der Waals surface area (Å²) in [4.78, 5) is 6.69. The summed E-state index contributed by atoms with van der Waals surface area (Å²) in [7, 11) is 2.10. The normalized spacial score (nSPS) is 24.4. The van der Waals surface area contributed by atoms with Crippen LogP contribution in [0.1, 0.15) is 37.1 Å². The van der Waals surface area contributed by atoms with E-state index in [1.54, 1.807) is 6.07 Å². The van der Waals surface area contributed by atoms with E-state index in [1.807, 2.05) is 13.0 Å². The molecule has 1 fully saturated rings. The Kier molecular flexibility index (Phi) is 4.19. The number of aryl methyl sites for hydroxylation is 1. The van der Waals surface area contributed by atoms with Crippen molar-refractivity contribution in [2.24, 2.45) is 5.73 Å². The fourth-order valence-corrected chi connectivity index (χ4v) is 2.63. The second-order valence-corrected chi connectivity index (χ2v) is 5.40. The Balaban J connectivity index is 1.98. The highest BCUT2D eigenvalue weighted by molar-refractivity contribution is 5.27. The molecule has 3 N–H and O–H groups in total. The lowest BCUT2D eigenvalue weighted by molar-refractivity contribution is 0.173. The molecular formula is C14H23N3O. The molecule has 0 aromatic carbocycles. The molecule has 4 heteroatoms. The first-order valence-corrected chi connectivity index (χ1v) is 6.67. The molecule has 0 unspecified atom stereocenters. The summed E-state index contributed by atoms with van der Waals surface area (Å²) >= 11 is 0. The molecule has 0 aliphatic heterocycles. The van der Waals surface area contributed by atoms with Crippen LogP contribution in [0.5, 0.6) is 5.75 Å². The summed E-state index contributed by atoms with van der Waals surface area (Å²) in [5.41, 5.74) is 7.64. The van der Waals surface area contributed by atoms with Gasteiger partial charge in [-0.2, -0.15) is 0 Å². The molecule has 0 radical (unpaired) electrons. The van der Waals surface area contributed by atoms with Gasteiger partial charge in [0.25, 0.3) is 0 Å². The number of aromatic nitrogens is 1. The quantitative estimate of drug-likeness (QED) is 0.857. The first kappa shape index (κ1) is 13.3. The monoisotopic (exact) mass is 249 g/mol. The summed E-state index contributed by atoms with van der Waals surface area (Å²) in [6, 6.07) is 4.49. The fraction of sp³-hybridized carbons (Fsp3) is 0.643. The topological polar surface area (TPSA) is 62.4 Å². The smallest absolute Gasteiger partial charge is 0.138 e. The van der Waals surface area contributed by atoms with Crippen LogP contribution < -0.4 is 5.73 Å². The minimum Gasteiger partial charge on any atom is -0.506 e. The molecule has 1 heterocycles. The predicted octanol–water partition coefficient (Wildman–Crippen LogP) is 1.80. The second-order valence-electron chi connectivity index (χ2n) is 5.40. The van der Waals surface area contributed by atoms with Crippen molar-refractivity contribution < 1.29 is 5.11 Å². The van der Waals surface area contributed by atoms with Crippen molar-refractivity contribution >= 4 is 0 Å². The van der Waals surface area contributed by atoms with Crippen molar-refractivity contribution in [2.45, 2.75) is 51.2 Å². The molecule has 0 atom stereocenters. The van der Waals surface area contributed by atoms with Gasteiger partial charge in [-0.3, -0.25) is 9.88 Å². The zero-order chi connectivity index (χ0) is 13.1. The van der Waals surface area contributed by atoms with Crippen LogP contribution in [-0.4, -0.2) is 34.1 Å². The molecule has 1 aromatic heterocycles. The third-order valence-corrected chi connectivity index (χ3v) is 3.85. The highest BCUT2D eigenvalue weighted by atomic mass is 16.3. The first-order valence-electron chi connectivity index (χ1n) is 6.67. The third kappa shape index (κ3) is 3.21. The van der Waals surface area contributed by atoms with Crippen molar-refractivity contribution in [3.05, 3.63) is 23.5 Å². The van der Waals surface area contributed by atoms with Gasteiger partial charge in [0.05, 0.1) is 5.69 Å². The predicted molar refractivity (Wildman–Crippen MR) is 72.3 cm³/mol. The number of hydrogen-bond donors (Lipinski definition) is 2. The molecule has 1 saturated carbocycles. The van der Waals surface area contributed by atoms with E-state index >= 15 is 0 Å². The van der Waals surface area contributed by atoms with Gasteiger partial charge in [-0.25, -0.2) is 0 Å². The molecule has 4 nitrogen and oxygen atoms in total. The molecule has 0 bridgehead atoms. The van der Waals surface area contributed by atoms with Crippen molar-refractivity contribution in [1.29, 1.82) is 0 Å². The van der Waals surface area contributed by atoms with Crippen LogP contribution in [0, 0.1) is 6.92 Å². The highest BCUT2D eigenvalue weighted by Gasteiger charge is 2.22. The summed E-state index contributed by atoms with van der Waals surface area (Å²) in [6.45, 7) is 2.65. The Bertz CT molecular complexity index is 400. The van der Waals surface area contributed by atoms with Gasteiger partial charge in [-0.15, -0.1) is 0 Å². The van der Waals surface area contributed by atoms with Crippen molar-refractivity contribution in [3.63, 3.8) is 0 Å². The zero-order valence-electron chi connectivity index (χ0n) is 11.3. The summed E-state index contributed by atoms with van der Waals surface area (Å²) in [5, 5.41) is 9.82. The maximum atomic E-state index is 9.82. The standard InChI is InChI=1S/C14H23N3O/c1-10-3-8-14(18)13(16-10)9-17(2)12-6-4-11(15)5-7-12/h3,8,11-12,18H,4-7,9,15H2,1-2H3. The van der Waals surface area contributed by atoms with E-state index in [-0.39, 0.29) is 0 Å². The number of nitrogens with two attached hydrogens (primary N) is 1. The first-order chi connectivity index (χ1) is 8.56. The van der Waals surface area contributed by atoms with Gasteiger partial charge in [-0.1, -0.05) is 0 Å². The molecule has 0 saturated heterocycles. The lowest BCUT2D eigenvalue weighted by atomic mass is 9.91. The van der Waals surface area contributed by atoms with Crippen molar-refractivity contribution in [2.75, 3.05) is 7.05 Å². The average Bonchev–Trinajstić information content (AvgIpc) is 2.34. The Morgan fingerprint density at radius 1 is 1.33 bits per heavy atom. The van der Waals surface area contributed by atoms with Gasteiger partial charge in [0, 0.05) is 24.3 Å². The molecule has 1 aromatic rings. The van der Waals surface area contributed by atoms with E-state index in [0.29, 0.717) is 24.4 Å². The minimum atomic E-state index is 0.292. The Morgan fingerprint density at radius 2 is 2.00 bits per heavy atom. The Labute approximate surface area is 109 Å². The van der Waals surface area contributed by atoms with E-state index in [4.69, 9.17) is 5.73 Å². The van der Waals surface area contributed by atoms with E-state index in [0.717, 1.165) is 37.1 Å². The lowest BCUT2D eigenvalue weighted by Crippen LogP contribution is -2.38. The summed E-state index contributed by atoms with van der Waals surface area (Å²) in [5.74, 6) is 0.292. The number of rotatable bonds is 3. The Morgan fingerprint density at radius 3 is 2.67 bits per heavy atom. The van der Waals surface area contributed by atoms with Crippen molar-refractivity contribution in [1.82, 2.24) is 9.88 Å². The fourth-order valence-electron chi connectivity index (χ4n) is 2.63. The average molecular weight is 249 g/mol. The molecule has 1 aliphatic carbocycles. The maximum absolute atomic E-state index is 9.82.